The van der Waals surface area contributed by atoms with Gasteiger partial charge in [0.15, 0.2) is 5.76 Å². The number of aromatic nitrogens is 1. The van der Waals surface area contributed by atoms with Gasteiger partial charge < -0.3 is 9.84 Å². The summed E-state index contributed by atoms with van der Waals surface area (Å²) < 4.78 is 5.18. The molecule has 0 spiro atoms. The summed E-state index contributed by atoms with van der Waals surface area (Å²) >= 11 is 6.12. The van der Waals surface area contributed by atoms with Gasteiger partial charge in [0.2, 0.25) is 0 Å². The van der Waals surface area contributed by atoms with E-state index in [1.54, 1.807) is 6.07 Å². The van der Waals surface area contributed by atoms with Crippen LogP contribution in [0.5, 0.6) is 0 Å². The van der Waals surface area contributed by atoms with Crippen molar-refractivity contribution in [3.63, 3.8) is 0 Å². The minimum Gasteiger partial charge on any atom is -0.419 e. The first kappa shape index (κ1) is 13.1. The standard InChI is InChI=1S/C15H12ClNO3/c1-15(2,19)13(16)12-11-9(14(18)20-12)7-8-5-3-4-6-10(8)17-11/h3-7,19H,1-2H3/b13-12-. The highest BCUT2D eigenvalue weighted by atomic mass is 35.5. The van der Waals surface area contributed by atoms with E-state index >= 15 is 0 Å². The number of fused-ring (bicyclic) bond motifs is 2. The van der Waals surface area contributed by atoms with Crippen LogP contribution in [0.4, 0.5) is 0 Å². The number of para-hydroxylation sites is 1. The molecular weight excluding hydrogens is 278 g/mol. The van der Waals surface area contributed by atoms with Gasteiger partial charge in [-0.25, -0.2) is 9.78 Å². The van der Waals surface area contributed by atoms with Crippen molar-refractivity contribution >= 4 is 34.2 Å². The Bertz CT molecular complexity index is 759. The zero-order chi connectivity index (χ0) is 14.5. The molecule has 102 valence electrons. The van der Waals surface area contributed by atoms with Crippen LogP contribution in [0.1, 0.15) is 29.9 Å². The van der Waals surface area contributed by atoms with Crippen LogP contribution in [0.3, 0.4) is 0 Å². The zero-order valence-electron chi connectivity index (χ0n) is 11.0. The average molecular weight is 290 g/mol. The number of ether oxygens (including phenoxy) is 1. The summed E-state index contributed by atoms with van der Waals surface area (Å²) in [5, 5.41) is 10.9. The van der Waals surface area contributed by atoms with Crippen molar-refractivity contribution in [2.24, 2.45) is 0 Å². The monoisotopic (exact) mass is 289 g/mol. The first-order valence-electron chi connectivity index (χ1n) is 6.13. The molecule has 0 radical (unpaired) electrons. The Morgan fingerprint density at radius 1 is 1.35 bits per heavy atom. The number of carbonyl (C=O) groups is 1. The van der Waals surface area contributed by atoms with E-state index in [0.717, 1.165) is 10.9 Å². The Balaban J connectivity index is 2.30. The van der Waals surface area contributed by atoms with Gasteiger partial charge in [-0.05, 0) is 26.0 Å². The molecule has 0 amide bonds. The number of pyridine rings is 1. The summed E-state index contributed by atoms with van der Waals surface area (Å²) in [7, 11) is 0. The molecule has 0 saturated heterocycles. The Morgan fingerprint density at radius 3 is 2.75 bits per heavy atom. The molecule has 0 saturated carbocycles. The number of cyclic esters (lactones) is 1. The SMILES string of the molecule is CC(C)(O)/C(Cl)=C1/OC(=O)c2cc3ccccc3nc21. The molecule has 2 aromatic rings. The van der Waals surface area contributed by atoms with E-state index in [2.05, 4.69) is 4.98 Å². The number of nitrogens with zero attached hydrogens (tertiary/aromatic N) is 1. The van der Waals surface area contributed by atoms with Crippen LogP contribution in [0.15, 0.2) is 35.4 Å². The van der Waals surface area contributed by atoms with Gasteiger partial charge in [-0.3, -0.25) is 0 Å². The molecule has 0 fully saturated rings. The molecule has 1 aromatic carbocycles. The van der Waals surface area contributed by atoms with Crippen molar-refractivity contribution in [3.8, 4) is 0 Å². The van der Waals surface area contributed by atoms with Crippen LogP contribution in [-0.4, -0.2) is 21.7 Å². The maximum Gasteiger partial charge on any atom is 0.346 e. The second kappa shape index (κ2) is 4.30. The molecule has 20 heavy (non-hydrogen) atoms. The first-order chi connectivity index (χ1) is 9.38. The lowest BCUT2D eigenvalue weighted by Gasteiger charge is -2.17. The topological polar surface area (TPSA) is 59.4 Å². The van der Waals surface area contributed by atoms with Gasteiger partial charge in [-0.15, -0.1) is 0 Å². The van der Waals surface area contributed by atoms with Crippen LogP contribution in [0.25, 0.3) is 16.7 Å². The molecule has 1 aliphatic rings. The maximum absolute atomic E-state index is 11.9. The third-order valence-corrected chi connectivity index (χ3v) is 3.72. The third kappa shape index (κ3) is 1.97. The van der Waals surface area contributed by atoms with Crippen LogP contribution >= 0.6 is 11.6 Å². The van der Waals surface area contributed by atoms with E-state index in [1.165, 1.54) is 13.8 Å². The van der Waals surface area contributed by atoms with E-state index in [0.29, 0.717) is 11.3 Å². The Kier molecular flexibility index (Phi) is 2.81. The summed E-state index contributed by atoms with van der Waals surface area (Å²) in [6, 6.07) is 9.17. The van der Waals surface area contributed by atoms with Gasteiger partial charge in [0.1, 0.15) is 5.69 Å². The molecule has 5 heteroatoms. The Labute approximate surface area is 120 Å². The molecule has 1 aliphatic heterocycles. The summed E-state index contributed by atoms with van der Waals surface area (Å²) in [6.07, 6.45) is 0. The van der Waals surface area contributed by atoms with Gasteiger partial charge in [0.25, 0.3) is 0 Å². The predicted octanol–water partition coefficient (Wildman–Crippen LogP) is 3.08. The number of aliphatic hydroxyl groups is 1. The lowest BCUT2D eigenvalue weighted by Crippen LogP contribution is -2.20. The van der Waals surface area contributed by atoms with Gasteiger partial charge in [0.05, 0.1) is 21.7 Å². The number of hydrogen-bond donors (Lipinski definition) is 1. The molecule has 2 heterocycles. The summed E-state index contributed by atoms with van der Waals surface area (Å²) in [4.78, 5) is 16.3. The Hall–Kier alpha value is -1.91. The summed E-state index contributed by atoms with van der Waals surface area (Å²) in [5.74, 6) is -0.374. The van der Waals surface area contributed by atoms with Gasteiger partial charge in [0, 0.05) is 5.39 Å². The van der Waals surface area contributed by atoms with E-state index in [4.69, 9.17) is 16.3 Å². The molecule has 0 aliphatic carbocycles. The average Bonchev–Trinajstić information content (AvgIpc) is 2.71. The highest BCUT2D eigenvalue weighted by molar-refractivity contribution is 6.34. The van der Waals surface area contributed by atoms with Crippen molar-refractivity contribution in [3.05, 3.63) is 46.6 Å². The van der Waals surface area contributed by atoms with E-state index < -0.39 is 11.6 Å². The third-order valence-electron chi connectivity index (χ3n) is 3.09. The molecule has 0 atom stereocenters. The number of benzene rings is 1. The molecule has 1 N–H and O–H groups in total. The van der Waals surface area contributed by atoms with Crippen LogP contribution in [0.2, 0.25) is 0 Å². The van der Waals surface area contributed by atoms with Crippen LogP contribution in [-0.2, 0) is 4.74 Å². The fourth-order valence-electron chi connectivity index (χ4n) is 2.07. The molecule has 0 unspecified atom stereocenters. The first-order valence-corrected chi connectivity index (χ1v) is 6.50. The number of hydrogen-bond acceptors (Lipinski definition) is 4. The van der Waals surface area contributed by atoms with Crippen LogP contribution in [0, 0.1) is 0 Å². The quantitative estimate of drug-likeness (QED) is 0.820. The largest absolute Gasteiger partial charge is 0.419 e. The molecular formula is C15H12ClNO3. The number of esters is 1. The molecule has 3 rings (SSSR count). The van der Waals surface area contributed by atoms with Crippen molar-refractivity contribution in [1.82, 2.24) is 4.98 Å². The second-order valence-corrected chi connectivity index (χ2v) is 5.55. The zero-order valence-corrected chi connectivity index (χ0v) is 11.7. The number of halogens is 1. The smallest absolute Gasteiger partial charge is 0.346 e. The fraction of sp³-hybridized carbons (Fsp3) is 0.200. The van der Waals surface area contributed by atoms with Gasteiger partial charge in [-0.1, -0.05) is 29.8 Å². The van der Waals surface area contributed by atoms with E-state index in [1.807, 2.05) is 24.3 Å². The lowest BCUT2D eigenvalue weighted by molar-refractivity contribution is 0.0708. The van der Waals surface area contributed by atoms with Crippen molar-refractivity contribution < 1.29 is 14.6 Å². The van der Waals surface area contributed by atoms with Gasteiger partial charge >= 0.3 is 5.97 Å². The lowest BCUT2D eigenvalue weighted by atomic mass is 10.1. The minimum atomic E-state index is -1.30. The van der Waals surface area contributed by atoms with Crippen LogP contribution < -0.4 is 0 Å². The number of carbonyl (C=O) groups excluding carboxylic acids is 1. The predicted molar refractivity (Wildman–Crippen MR) is 76.2 cm³/mol. The number of rotatable bonds is 1. The Morgan fingerprint density at radius 2 is 2.05 bits per heavy atom. The summed E-state index contributed by atoms with van der Waals surface area (Å²) in [6.45, 7) is 3.05. The molecule has 0 bridgehead atoms. The summed E-state index contributed by atoms with van der Waals surface area (Å²) in [5.41, 5.74) is 0.177. The van der Waals surface area contributed by atoms with E-state index in [-0.39, 0.29) is 10.8 Å². The van der Waals surface area contributed by atoms with Crippen molar-refractivity contribution in [2.45, 2.75) is 19.4 Å². The maximum atomic E-state index is 11.9. The minimum absolute atomic E-state index is 0.0624. The molecule has 1 aromatic heterocycles. The second-order valence-electron chi connectivity index (χ2n) is 5.17. The highest BCUT2D eigenvalue weighted by Crippen LogP contribution is 2.37. The fourth-order valence-corrected chi connectivity index (χ4v) is 2.20. The van der Waals surface area contributed by atoms with Crippen molar-refractivity contribution in [2.75, 3.05) is 0 Å². The van der Waals surface area contributed by atoms with E-state index in [9.17, 15) is 9.90 Å². The van der Waals surface area contributed by atoms with Crippen molar-refractivity contribution in [1.29, 1.82) is 0 Å². The normalized spacial score (nSPS) is 17.1. The highest BCUT2D eigenvalue weighted by Gasteiger charge is 2.34. The van der Waals surface area contributed by atoms with Gasteiger partial charge in [-0.2, -0.15) is 0 Å². The molecule has 4 nitrogen and oxygen atoms in total.